The first-order chi connectivity index (χ1) is 13.7. The topological polar surface area (TPSA) is 85.9 Å². The van der Waals surface area contributed by atoms with E-state index < -0.39 is 0 Å². The largest absolute Gasteiger partial charge is 0.493 e. The number of amides is 2. The molecule has 0 fully saturated rings. The van der Waals surface area contributed by atoms with Gasteiger partial charge in [-0.1, -0.05) is 6.92 Å². The van der Waals surface area contributed by atoms with Crippen LogP contribution >= 0.6 is 0 Å². The summed E-state index contributed by atoms with van der Waals surface area (Å²) < 4.78 is 15.8. The first kappa shape index (κ1) is 22.1. The molecule has 0 atom stereocenters. The van der Waals surface area contributed by atoms with Crippen LogP contribution in [0.15, 0.2) is 36.4 Å². The van der Waals surface area contributed by atoms with Crippen LogP contribution in [0.4, 0.5) is 5.69 Å². The van der Waals surface area contributed by atoms with E-state index >= 15 is 0 Å². The SMILES string of the molecule is CCC(C)(C)NC(=O)c1ccc(NC(=O)c2cc(OC)c(OC)c(OC)c2)cc1. The number of carbonyl (C=O) groups excluding carboxylic acids is 2. The molecule has 0 aliphatic heterocycles. The van der Waals surface area contributed by atoms with Crippen LogP contribution in [0.25, 0.3) is 0 Å². The molecule has 2 aromatic carbocycles. The fraction of sp³-hybridized carbons (Fsp3) is 0.364. The third-order valence-electron chi connectivity index (χ3n) is 4.67. The van der Waals surface area contributed by atoms with E-state index in [2.05, 4.69) is 10.6 Å². The highest BCUT2D eigenvalue weighted by molar-refractivity contribution is 6.05. The number of anilines is 1. The van der Waals surface area contributed by atoms with E-state index in [1.807, 2.05) is 20.8 Å². The van der Waals surface area contributed by atoms with Crippen molar-refractivity contribution in [2.75, 3.05) is 26.6 Å². The van der Waals surface area contributed by atoms with E-state index in [1.54, 1.807) is 36.4 Å². The maximum Gasteiger partial charge on any atom is 0.255 e. The summed E-state index contributed by atoms with van der Waals surface area (Å²) in [5, 5.41) is 5.78. The lowest BCUT2D eigenvalue weighted by atomic mass is 10.0. The maximum absolute atomic E-state index is 12.7. The molecule has 2 amide bonds. The average molecular weight is 400 g/mol. The van der Waals surface area contributed by atoms with Crippen LogP contribution < -0.4 is 24.8 Å². The van der Waals surface area contributed by atoms with Crippen molar-refractivity contribution in [1.82, 2.24) is 5.32 Å². The van der Waals surface area contributed by atoms with Crippen LogP contribution in [0.5, 0.6) is 17.2 Å². The second-order valence-corrected chi connectivity index (χ2v) is 7.14. The van der Waals surface area contributed by atoms with Gasteiger partial charge in [-0.25, -0.2) is 0 Å². The molecule has 0 bridgehead atoms. The lowest BCUT2D eigenvalue weighted by Crippen LogP contribution is -2.42. The normalized spacial score (nSPS) is 10.8. The number of nitrogens with one attached hydrogen (secondary N) is 2. The van der Waals surface area contributed by atoms with E-state index in [9.17, 15) is 9.59 Å². The van der Waals surface area contributed by atoms with Crippen molar-refractivity contribution in [2.24, 2.45) is 0 Å². The summed E-state index contributed by atoms with van der Waals surface area (Å²) in [5.74, 6) is 0.704. The minimum Gasteiger partial charge on any atom is -0.493 e. The highest BCUT2D eigenvalue weighted by Crippen LogP contribution is 2.38. The molecule has 0 aliphatic rings. The van der Waals surface area contributed by atoms with E-state index in [-0.39, 0.29) is 17.4 Å². The van der Waals surface area contributed by atoms with Gasteiger partial charge in [0.2, 0.25) is 5.75 Å². The quantitative estimate of drug-likeness (QED) is 0.702. The number of rotatable bonds is 8. The molecule has 0 radical (unpaired) electrons. The number of hydrogen-bond acceptors (Lipinski definition) is 5. The summed E-state index contributed by atoms with van der Waals surface area (Å²) >= 11 is 0. The Morgan fingerprint density at radius 3 is 1.86 bits per heavy atom. The van der Waals surface area contributed by atoms with Crippen molar-refractivity contribution in [1.29, 1.82) is 0 Å². The minimum atomic E-state index is -0.339. The summed E-state index contributed by atoms with van der Waals surface area (Å²) in [5.41, 5.74) is 1.16. The molecule has 7 nitrogen and oxygen atoms in total. The monoisotopic (exact) mass is 400 g/mol. The molecule has 2 N–H and O–H groups in total. The Kier molecular flexibility index (Phi) is 7.09. The highest BCUT2D eigenvalue weighted by Gasteiger charge is 2.19. The predicted octanol–water partition coefficient (Wildman–Crippen LogP) is 3.88. The van der Waals surface area contributed by atoms with Crippen molar-refractivity contribution in [3.63, 3.8) is 0 Å². The van der Waals surface area contributed by atoms with Gasteiger partial charge in [-0.05, 0) is 56.7 Å². The van der Waals surface area contributed by atoms with Crippen molar-refractivity contribution < 1.29 is 23.8 Å². The standard InChI is InChI=1S/C22H28N2O5/c1-7-22(2,3)24-21(26)14-8-10-16(11-9-14)23-20(25)15-12-17(27-4)19(29-6)18(13-15)28-5/h8-13H,7H2,1-6H3,(H,23,25)(H,24,26). The molecular formula is C22H28N2O5. The van der Waals surface area contributed by atoms with Gasteiger partial charge in [-0.15, -0.1) is 0 Å². The van der Waals surface area contributed by atoms with Crippen LogP contribution in [-0.4, -0.2) is 38.7 Å². The predicted molar refractivity (Wildman–Crippen MR) is 112 cm³/mol. The molecule has 2 rings (SSSR count). The molecule has 29 heavy (non-hydrogen) atoms. The summed E-state index contributed by atoms with van der Waals surface area (Å²) in [4.78, 5) is 25.0. The summed E-state index contributed by atoms with van der Waals surface area (Å²) in [6, 6.07) is 9.86. The van der Waals surface area contributed by atoms with Crippen LogP contribution in [-0.2, 0) is 0 Å². The first-order valence-electron chi connectivity index (χ1n) is 9.28. The zero-order chi connectivity index (χ0) is 21.6. The smallest absolute Gasteiger partial charge is 0.255 e. The van der Waals surface area contributed by atoms with Gasteiger partial charge in [0.15, 0.2) is 11.5 Å². The van der Waals surface area contributed by atoms with Crippen LogP contribution in [0.2, 0.25) is 0 Å². The van der Waals surface area contributed by atoms with E-state index in [4.69, 9.17) is 14.2 Å². The third-order valence-corrected chi connectivity index (χ3v) is 4.67. The average Bonchev–Trinajstić information content (AvgIpc) is 2.72. The summed E-state index contributed by atoms with van der Waals surface area (Å²) in [7, 11) is 4.48. The molecule has 0 saturated heterocycles. The number of methoxy groups -OCH3 is 3. The Bertz CT molecular complexity index is 850. The van der Waals surface area contributed by atoms with Gasteiger partial charge in [0, 0.05) is 22.4 Å². The lowest BCUT2D eigenvalue weighted by molar-refractivity contribution is 0.0911. The molecule has 0 unspecified atom stereocenters. The van der Waals surface area contributed by atoms with Gasteiger partial charge in [0.05, 0.1) is 21.3 Å². The zero-order valence-electron chi connectivity index (χ0n) is 17.7. The molecule has 0 spiro atoms. The Morgan fingerprint density at radius 1 is 0.862 bits per heavy atom. The first-order valence-corrected chi connectivity index (χ1v) is 9.28. The van der Waals surface area contributed by atoms with Crippen molar-refractivity contribution in [2.45, 2.75) is 32.7 Å². The maximum atomic E-state index is 12.7. The highest BCUT2D eigenvalue weighted by atomic mass is 16.5. The summed E-state index contributed by atoms with van der Waals surface area (Å²) in [6.07, 6.45) is 0.821. The minimum absolute atomic E-state index is 0.153. The number of benzene rings is 2. The van der Waals surface area contributed by atoms with Crippen molar-refractivity contribution >= 4 is 17.5 Å². The van der Waals surface area contributed by atoms with Gasteiger partial charge in [0.25, 0.3) is 11.8 Å². The van der Waals surface area contributed by atoms with Gasteiger partial charge in [0.1, 0.15) is 0 Å². The number of ether oxygens (including phenoxy) is 3. The number of carbonyl (C=O) groups is 2. The Hall–Kier alpha value is -3.22. The zero-order valence-corrected chi connectivity index (χ0v) is 17.7. The molecule has 0 saturated carbocycles. The van der Waals surface area contributed by atoms with E-state index in [0.717, 1.165) is 6.42 Å². The third kappa shape index (κ3) is 5.40. The lowest BCUT2D eigenvalue weighted by Gasteiger charge is -2.24. The molecular weight excluding hydrogens is 372 g/mol. The van der Waals surface area contributed by atoms with Crippen LogP contribution in [0.3, 0.4) is 0 Å². The van der Waals surface area contributed by atoms with Crippen molar-refractivity contribution in [3.8, 4) is 17.2 Å². The van der Waals surface area contributed by atoms with Gasteiger partial charge < -0.3 is 24.8 Å². The van der Waals surface area contributed by atoms with Gasteiger partial charge >= 0.3 is 0 Å². The van der Waals surface area contributed by atoms with Crippen LogP contribution in [0, 0.1) is 0 Å². The van der Waals surface area contributed by atoms with Crippen molar-refractivity contribution in [3.05, 3.63) is 47.5 Å². The second kappa shape index (κ2) is 9.32. The molecule has 0 aromatic heterocycles. The van der Waals surface area contributed by atoms with Crippen LogP contribution in [0.1, 0.15) is 47.9 Å². The Labute approximate surface area is 171 Å². The fourth-order valence-corrected chi connectivity index (χ4v) is 2.59. The molecule has 2 aromatic rings. The Morgan fingerprint density at radius 2 is 1.41 bits per heavy atom. The fourth-order valence-electron chi connectivity index (χ4n) is 2.59. The van der Waals surface area contributed by atoms with E-state index in [1.165, 1.54) is 21.3 Å². The Balaban J connectivity index is 2.16. The van der Waals surface area contributed by atoms with Gasteiger partial charge in [-0.2, -0.15) is 0 Å². The van der Waals surface area contributed by atoms with Gasteiger partial charge in [-0.3, -0.25) is 9.59 Å². The van der Waals surface area contributed by atoms with E-state index in [0.29, 0.717) is 34.1 Å². The molecule has 156 valence electrons. The molecule has 0 heterocycles. The second-order valence-electron chi connectivity index (χ2n) is 7.14. The molecule has 7 heteroatoms. The molecule has 0 aliphatic carbocycles. The summed E-state index contributed by atoms with van der Waals surface area (Å²) in [6.45, 7) is 5.95. The number of hydrogen-bond donors (Lipinski definition) is 2.